The highest BCUT2D eigenvalue weighted by molar-refractivity contribution is 6.00. The second kappa shape index (κ2) is 5.16. The van der Waals surface area contributed by atoms with Crippen molar-refractivity contribution < 1.29 is 9.59 Å². The van der Waals surface area contributed by atoms with Crippen molar-refractivity contribution in [3.05, 3.63) is 34.9 Å². The summed E-state index contributed by atoms with van der Waals surface area (Å²) < 4.78 is 0. The van der Waals surface area contributed by atoms with E-state index < -0.39 is 0 Å². The van der Waals surface area contributed by atoms with E-state index in [0.717, 1.165) is 11.1 Å². The summed E-state index contributed by atoms with van der Waals surface area (Å²) in [7, 11) is 0. The lowest BCUT2D eigenvalue weighted by Crippen LogP contribution is -2.46. The summed E-state index contributed by atoms with van der Waals surface area (Å²) in [6.07, 6.45) is 0.402. The minimum absolute atomic E-state index is 0.00106. The number of imide groups is 1. The van der Waals surface area contributed by atoms with Crippen LogP contribution in [0.2, 0.25) is 0 Å². The number of amides is 2. The zero-order valence-electron chi connectivity index (χ0n) is 12.0. The summed E-state index contributed by atoms with van der Waals surface area (Å²) in [6.45, 7) is 8.16. The Morgan fingerprint density at radius 1 is 1.21 bits per heavy atom. The van der Waals surface area contributed by atoms with Gasteiger partial charge in [-0.25, -0.2) is 0 Å². The van der Waals surface area contributed by atoms with Crippen molar-refractivity contribution in [2.75, 3.05) is 0 Å². The van der Waals surface area contributed by atoms with Crippen molar-refractivity contribution in [3.63, 3.8) is 0 Å². The van der Waals surface area contributed by atoms with Gasteiger partial charge in [0, 0.05) is 18.3 Å². The van der Waals surface area contributed by atoms with Crippen LogP contribution in [0, 0.1) is 25.7 Å². The molecule has 2 amide bonds. The molecule has 2 unspecified atom stereocenters. The lowest BCUT2D eigenvalue weighted by molar-refractivity contribution is -0.138. The molecule has 102 valence electrons. The molecule has 1 saturated heterocycles. The number of carbonyl (C=O) groups excluding carboxylic acids is 2. The van der Waals surface area contributed by atoms with Gasteiger partial charge in [-0.1, -0.05) is 37.6 Å². The van der Waals surface area contributed by atoms with E-state index >= 15 is 0 Å². The van der Waals surface area contributed by atoms with Crippen LogP contribution in [0.4, 0.5) is 0 Å². The zero-order chi connectivity index (χ0) is 14.2. The molecule has 3 nitrogen and oxygen atoms in total. The van der Waals surface area contributed by atoms with Crippen molar-refractivity contribution in [1.29, 1.82) is 0 Å². The molecule has 3 heteroatoms. The molecular formula is C16H21NO2. The number of carbonyl (C=O) groups is 2. The average Bonchev–Trinajstić information content (AvgIpc) is 2.30. The van der Waals surface area contributed by atoms with Crippen molar-refractivity contribution in [2.45, 2.75) is 40.0 Å². The topological polar surface area (TPSA) is 46.2 Å². The highest BCUT2D eigenvalue weighted by Crippen LogP contribution is 2.37. The molecule has 0 saturated carbocycles. The SMILES string of the molecule is Cc1ccc(C)c(C2CC(=O)NC(=O)C2C(C)C)c1. The normalized spacial score (nSPS) is 23.6. The largest absolute Gasteiger partial charge is 0.296 e. The third-order valence-corrected chi connectivity index (χ3v) is 3.96. The molecule has 1 N–H and O–H groups in total. The van der Waals surface area contributed by atoms with E-state index in [1.54, 1.807) is 0 Å². The van der Waals surface area contributed by atoms with Gasteiger partial charge in [-0.05, 0) is 30.9 Å². The van der Waals surface area contributed by atoms with Gasteiger partial charge in [0.15, 0.2) is 0 Å². The molecule has 19 heavy (non-hydrogen) atoms. The van der Waals surface area contributed by atoms with Crippen molar-refractivity contribution in [2.24, 2.45) is 11.8 Å². The molecule has 0 bridgehead atoms. The van der Waals surface area contributed by atoms with Crippen LogP contribution in [0.15, 0.2) is 18.2 Å². The van der Waals surface area contributed by atoms with Gasteiger partial charge < -0.3 is 0 Å². The Morgan fingerprint density at radius 2 is 1.89 bits per heavy atom. The van der Waals surface area contributed by atoms with Crippen LogP contribution >= 0.6 is 0 Å². The maximum Gasteiger partial charge on any atom is 0.230 e. The van der Waals surface area contributed by atoms with E-state index in [0.29, 0.717) is 6.42 Å². The van der Waals surface area contributed by atoms with Gasteiger partial charge in [-0.3, -0.25) is 14.9 Å². The van der Waals surface area contributed by atoms with Gasteiger partial charge >= 0.3 is 0 Å². The minimum atomic E-state index is -0.159. The van der Waals surface area contributed by atoms with Crippen molar-refractivity contribution in [1.82, 2.24) is 5.32 Å². The summed E-state index contributed by atoms with van der Waals surface area (Å²) in [5.41, 5.74) is 3.46. The van der Waals surface area contributed by atoms with Crippen LogP contribution in [-0.2, 0) is 9.59 Å². The van der Waals surface area contributed by atoms with Gasteiger partial charge in [-0.2, -0.15) is 0 Å². The lowest BCUT2D eigenvalue weighted by atomic mass is 9.73. The number of aryl methyl sites for hydroxylation is 2. The van der Waals surface area contributed by atoms with E-state index in [2.05, 4.69) is 23.5 Å². The number of piperidine rings is 1. The van der Waals surface area contributed by atoms with Gasteiger partial charge in [-0.15, -0.1) is 0 Å². The quantitative estimate of drug-likeness (QED) is 0.830. The number of hydrogen-bond donors (Lipinski definition) is 1. The summed E-state index contributed by atoms with van der Waals surface area (Å²) in [5.74, 6) is -0.192. The maximum atomic E-state index is 12.1. The fraction of sp³-hybridized carbons (Fsp3) is 0.500. The Labute approximate surface area is 114 Å². The molecule has 0 radical (unpaired) electrons. The predicted molar refractivity (Wildman–Crippen MR) is 74.8 cm³/mol. The van der Waals surface area contributed by atoms with E-state index in [1.807, 2.05) is 27.7 Å². The smallest absolute Gasteiger partial charge is 0.230 e. The third kappa shape index (κ3) is 2.70. The maximum absolute atomic E-state index is 12.1. The van der Waals surface area contributed by atoms with Crippen LogP contribution in [0.1, 0.15) is 42.9 Å². The highest BCUT2D eigenvalue weighted by atomic mass is 16.2. The first-order chi connectivity index (χ1) is 8.90. The molecule has 1 aromatic rings. The zero-order valence-corrected chi connectivity index (χ0v) is 12.0. The van der Waals surface area contributed by atoms with E-state index in [1.165, 1.54) is 5.56 Å². The Morgan fingerprint density at radius 3 is 2.53 bits per heavy atom. The monoisotopic (exact) mass is 259 g/mol. The van der Waals surface area contributed by atoms with Gasteiger partial charge in [0.05, 0.1) is 0 Å². The summed E-state index contributed by atoms with van der Waals surface area (Å²) in [4.78, 5) is 23.8. The number of benzene rings is 1. The lowest BCUT2D eigenvalue weighted by Gasteiger charge is -2.34. The summed E-state index contributed by atoms with van der Waals surface area (Å²) in [5, 5.41) is 2.47. The first-order valence-electron chi connectivity index (χ1n) is 6.81. The third-order valence-electron chi connectivity index (χ3n) is 3.96. The van der Waals surface area contributed by atoms with Crippen molar-refractivity contribution >= 4 is 11.8 Å². The molecule has 0 aromatic heterocycles. The second-order valence-electron chi connectivity index (χ2n) is 5.85. The minimum Gasteiger partial charge on any atom is -0.296 e. The Hall–Kier alpha value is -1.64. The van der Waals surface area contributed by atoms with E-state index in [4.69, 9.17) is 0 Å². The Balaban J connectivity index is 2.46. The van der Waals surface area contributed by atoms with Crippen molar-refractivity contribution in [3.8, 4) is 0 Å². The molecule has 1 aliphatic heterocycles. The first-order valence-corrected chi connectivity index (χ1v) is 6.81. The van der Waals surface area contributed by atoms with Crippen LogP contribution in [0.25, 0.3) is 0 Å². The number of hydrogen-bond acceptors (Lipinski definition) is 2. The molecule has 2 atom stereocenters. The average molecular weight is 259 g/mol. The van der Waals surface area contributed by atoms with E-state index in [-0.39, 0.29) is 29.6 Å². The van der Waals surface area contributed by atoms with Crippen LogP contribution in [0.5, 0.6) is 0 Å². The van der Waals surface area contributed by atoms with Crippen LogP contribution in [0.3, 0.4) is 0 Å². The standard InChI is InChI=1S/C16H21NO2/c1-9(2)15-13(8-14(18)17-16(15)19)12-7-10(3)5-6-11(12)4/h5-7,9,13,15H,8H2,1-4H3,(H,17,18,19). The second-order valence-corrected chi connectivity index (χ2v) is 5.85. The summed E-state index contributed by atoms with van der Waals surface area (Å²) in [6, 6.07) is 6.24. The molecule has 1 aliphatic rings. The van der Waals surface area contributed by atoms with Crippen LogP contribution < -0.4 is 5.32 Å². The molecule has 1 heterocycles. The fourth-order valence-corrected chi connectivity index (χ4v) is 3.01. The molecule has 1 fully saturated rings. The molecule has 1 aromatic carbocycles. The van der Waals surface area contributed by atoms with Gasteiger partial charge in [0.2, 0.25) is 11.8 Å². The molecule has 2 rings (SSSR count). The first kappa shape index (κ1) is 13.8. The predicted octanol–water partition coefficient (Wildman–Crippen LogP) is 2.71. The summed E-state index contributed by atoms with van der Waals surface area (Å²) >= 11 is 0. The fourth-order valence-electron chi connectivity index (χ4n) is 3.01. The highest BCUT2D eigenvalue weighted by Gasteiger charge is 2.39. The van der Waals surface area contributed by atoms with Crippen LogP contribution in [-0.4, -0.2) is 11.8 Å². The molecular weight excluding hydrogens is 238 g/mol. The molecule has 0 aliphatic carbocycles. The number of nitrogens with one attached hydrogen (secondary N) is 1. The Kier molecular flexibility index (Phi) is 3.74. The molecule has 0 spiro atoms. The van der Waals surface area contributed by atoms with Gasteiger partial charge in [0.1, 0.15) is 0 Å². The van der Waals surface area contributed by atoms with Gasteiger partial charge in [0.25, 0.3) is 0 Å². The Bertz CT molecular complexity index is 519. The number of rotatable bonds is 2. The van der Waals surface area contributed by atoms with E-state index in [9.17, 15) is 9.59 Å².